The molecule has 2 aromatic rings. The monoisotopic (exact) mass is 204 g/mol. The largest absolute Gasteiger partial charge is 0.255 e. The molecule has 1 heterocycles. The molecule has 0 aliphatic carbocycles. The van der Waals surface area contributed by atoms with Crippen molar-refractivity contribution in [3.63, 3.8) is 0 Å². The molecule has 0 amide bonds. The Bertz CT molecular complexity index is 533. The van der Waals surface area contributed by atoms with Crippen molar-refractivity contribution < 1.29 is 4.79 Å². The number of hydrogen-bond acceptors (Lipinski definition) is 3. The summed E-state index contributed by atoms with van der Waals surface area (Å²) in [5, 5.41) is 1.27. The summed E-state index contributed by atoms with van der Waals surface area (Å²) in [5.74, 6) is 0. The second-order valence-electron chi connectivity index (χ2n) is 2.70. The highest BCUT2D eigenvalue weighted by atomic mass is 35.5. The van der Waals surface area contributed by atoms with E-state index in [0.717, 1.165) is 10.9 Å². The molecule has 0 fully saturated rings. The number of aliphatic imine (C=N–C) groups is 1. The fourth-order valence-corrected chi connectivity index (χ4v) is 1.41. The summed E-state index contributed by atoms with van der Waals surface area (Å²) in [4.78, 5) is 17.8. The number of hydrogen-bond donors (Lipinski definition) is 0. The minimum atomic E-state index is 0.519. The van der Waals surface area contributed by atoms with Crippen molar-refractivity contribution in [1.82, 2.24) is 4.98 Å². The molecule has 0 unspecified atom stereocenters. The molecule has 4 heteroatoms. The molecule has 1 aromatic carbocycles. The van der Waals surface area contributed by atoms with Gasteiger partial charge in [-0.05, 0) is 18.2 Å². The first-order valence-electron chi connectivity index (χ1n) is 3.93. The Morgan fingerprint density at radius 3 is 3.07 bits per heavy atom. The van der Waals surface area contributed by atoms with E-state index in [9.17, 15) is 4.79 Å². The van der Waals surface area contributed by atoms with Gasteiger partial charge in [-0.3, -0.25) is 4.98 Å². The summed E-state index contributed by atoms with van der Waals surface area (Å²) >= 11 is 5.79. The van der Waals surface area contributed by atoms with E-state index < -0.39 is 0 Å². The third-order valence-corrected chi connectivity index (χ3v) is 2.04. The van der Waals surface area contributed by atoms with Crippen LogP contribution >= 0.6 is 11.6 Å². The van der Waals surface area contributed by atoms with Crippen LogP contribution in [0, 0.1) is 0 Å². The van der Waals surface area contributed by atoms with Crippen molar-refractivity contribution in [2.75, 3.05) is 0 Å². The van der Waals surface area contributed by atoms with Gasteiger partial charge in [-0.1, -0.05) is 17.7 Å². The molecule has 0 N–H and O–H groups in total. The van der Waals surface area contributed by atoms with Crippen molar-refractivity contribution in [3.8, 4) is 0 Å². The van der Waals surface area contributed by atoms with Gasteiger partial charge in [0.25, 0.3) is 0 Å². The first-order valence-corrected chi connectivity index (χ1v) is 4.31. The molecule has 0 spiro atoms. The molecule has 0 aliphatic rings. The Hall–Kier alpha value is -1.70. The highest BCUT2D eigenvalue weighted by Gasteiger charge is 2.00. The second kappa shape index (κ2) is 3.58. The maximum atomic E-state index is 10.2. The quantitative estimate of drug-likeness (QED) is 0.530. The summed E-state index contributed by atoms with van der Waals surface area (Å²) in [6.07, 6.45) is 3.05. The molecule has 0 saturated heterocycles. The lowest BCUT2D eigenvalue weighted by Crippen LogP contribution is -1.78. The second-order valence-corrected chi connectivity index (χ2v) is 3.14. The van der Waals surface area contributed by atoms with E-state index >= 15 is 0 Å². The minimum absolute atomic E-state index is 0.519. The van der Waals surface area contributed by atoms with Crippen LogP contribution < -0.4 is 0 Å². The zero-order valence-electron chi connectivity index (χ0n) is 7.07. The van der Waals surface area contributed by atoms with E-state index in [-0.39, 0.29) is 0 Å². The molecular formula is C10H5ClN2O. The molecule has 68 valence electrons. The number of isocyanates is 1. The minimum Gasteiger partial charge on any atom is -0.255 e. The van der Waals surface area contributed by atoms with Gasteiger partial charge in [0.15, 0.2) is 0 Å². The fraction of sp³-hybridized carbons (Fsp3) is 0. The highest BCUT2D eigenvalue weighted by Crippen LogP contribution is 2.26. The molecule has 14 heavy (non-hydrogen) atoms. The molecule has 0 aliphatic heterocycles. The number of benzene rings is 1. The van der Waals surface area contributed by atoms with E-state index in [4.69, 9.17) is 11.6 Å². The van der Waals surface area contributed by atoms with Gasteiger partial charge in [0.1, 0.15) is 0 Å². The smallest absolute Gasteiger partial charge is 0.240 e. The Balaban J connectivity index is 2.83. The SMILES string of the molecule is O=C=Nc1cccc2ncc(Cl)cc12. The number of fused-ring (bicyclic) bond motifs is 1. The normalized spacial score (nSPS) is 9.79. The Labute approximate surface area is 85.1 Å². The molecule has 3 nitrogen and oxygen atoms in total. The lowest BCUT2D eigenvalue weighted by molar-refractivity contribution is 0.565. The molecule has 0 radical (unpaired) electrons. The first kappa shape index (κ1) is 8.88. The maximum absolute atomic E-state index is 10.2. The van der Waals surface area contributed by atoms with E-state index in [2.05, 4.69) is 9.98 Å². The molecule has 0 bridgehead atoms. The molecule has 0 atom stereocenters. The fourth-order valence-electron chi connectivity index (χ4n) is 1.25. The average Bonchev–Trinajstić information content (AvgIpc) is 2.19. The summed E-state index contributed by atoms with van der Waals surface area (Å²) in [5.41, 5.74) is 1.29. The van der Waals surface area contributed by atoms with Crippen molar-refractivity contribution in [1.29, 1.82) is 0 Å². The summed E-state index contributed by atoms with van der Waals surface area (Å²) in [6, 6.07) is 7.04. The van der Waals surface area contributed by atoms with Gasteiger partial charge in [0.2, 0.25) is 6.08 Å². The van der Waals surface area contributed by atoms with Crippen LogP contribution in [0.15, 0.2) is 35.5 Å². The number of carbonyl (C=O) groups excluding carboxylic acids is 1. The van der Waals surface area contributed by atoms with Crippen LogP contribution in [-0.4, -0.2) is 11.1 Å². The van der Waals surface area contributed by atoms with Crippen molar-refractivity contribution in [3.05, 3.63) is 35.5 Å². The Morgan fingerprint density at radius 2 is 2.29 bits per heavy atom. The zero-order chi connectivity index (χ0) is 9.97. The Morgan fingerprint density at radius 1 is 1.43 bits per heavy atom. The average molecular weight is 205 g/mol. The summed E-state index contributed by atoms with van der Waals surface area (Å²) in [7, 11) is 0. The van der Waals surface area contributed by atoms with Gasteiger partial charge >= 0.3 is 0 Å². The van der Waals surface area contributed by atoms with Crippen LogP contribution in [0.5, 0.6) is 0 Å². The number of halogens is 1. The predicted octanol–water partition coefficient (Wildman–Crippen LogP) is 2.86. The van der Waals surface area contributed by atoms with E-state index in [0.29, 0.717) is 10.7 Å². The summed E-state index contributed by atoms with van der Waals surface area (Å²) < 4.78 is 0. The van der Waals surface area contributed by atoms with E-state index in [1.165, 1.54) is 6.08 Å². The highest BCUT2D eigenvalue weighted by molar-refractivity contribution is 6.31. The van der Waals surface area contributed by atoms with Gasteiger partial charge in [-0.25, -0.2) is 4.79 Å². The number of pyridine rings is 1. The van der Waals surface area contributed by atoms with Gasteiger partial charge in [0, 0.05) is 11.6 Å². The zero-order valence-corrected chi connectivity index (χ0v) is 7.82. The molecule has 1 aromatic heterocycles. The van der Waals surface area contributed by atoms with Gasteiger partial charge in [-0.2, -0.15) is 4.99 Å². The standard InChI is InChI=1S/C10H5ClN2O/c11-7-4-8-9(12-5-7)2-1-3-10(8)13-6-14/h1-5H. The molecule has 2 rings (SSSR count). The lowest BCUT2D eigenvalue weighted by Gasteiger charge is -1.99. The van der Waals surface area contributed by atoms with Gasteiger partial charge in [-0.15, -0.1) is 0 Å². The number of aromatic nitrogens is 1. The van der Waals surface area contributed by atoms with Crippen LogP contribution in [0.4, 0.5) is 5.69 Å². The van der Waals surface area contributed by atoms with Crippen molar-refractivity contribution >= 4 is 34.3 Å². The van der Waals surface area contributed by atoms with Gasteiger partial charge < -0.3 is 0 Å². The third kappa shape index (κ3) is 1.51. The molecule has 0 saturated carbocycles. The van der Waals surface area contributed by atoms with Crippen LogP contribution in [0.1, 0.15) is 0 Å². The summed E-state index contributed by atoms with van der Waals surface area (Å²) in [6.45, 7) is 0. The van der Waals surface area contributed by atoms with Crippen molar-refractivity contribution in [2.24, 2.45) is 4.99 Å². The third-order valence-electron chi connectivity index (χ3n) is 1.84. The van der Waals surface area contributed by atoms with E-state index in [1.54, 1.807) is 24.4 Å². The van der Waals surface area contributed by atoms with E-state index in [1.807, 2.05) is 6.07 Å². The number of rotatable bonds is 1. The van der Waals surface area contributed by atoms with Crippen LogP contribution in [-0.2, 0) is 4.79 Å². The number of nitrogens with zero attached hydrogens (tertiary/aromatic N) is 2. The topological polar surface area (TPSA) is 42.3 Å². The van der Waals surface area contributed by atoms with Crippen LogP contribution in [0.25, 0.3) is 10.9 Å². The van der Waals surface area contributed by atoms with Crippen molar-refractivity contribution in [2.45, 2.75) is 0 Å². The van der Waals surface area contributed by atoms with Crippen LogP contribution in [0.3, 0.4) is 0 Å². The maximum Gasteiger partial charge on any atom is 0.240 e. The first-order chi connectivity index (χ1) is 6.81. The Kier molecular flexibility index (Phi) is 2.27. The molecular weight excluding hydrogens is 200 g/mol. The van der Waals surface area contributed by atoms with Gasteiger partial charge in [0.05, 0.1) is 16.2 Å². The van der Waals surface area contributed by atoms with Crippen LogP contribution in [0.2, 0.25) is 5.02 Å². The lowest BCUT2D eigenvalue weighted by atomic mass is 10.2. The predicted molar refractivity (Wildman–Crippen MR) is 54.5 cm³/mol.